The van der Waals surface area contributed by atoms with Crippen molar-refractivity contribution in [2.75, 3.05) is 11.9 Å². The zero-order valence-corrected chi connectivity index (χ0v) is 15.4. The van der Waals surface area contributed by atoms with Gasteiger partial charge >= 0.3 is 5.97 Å². The lowest BCUT2D eigenvalue weighted by Crippen LogP contribution is -2.31. The van der Waals surface area contributed by atoms with Gasteiger partial charge in [0.2, 0.25) is 0 Å². The third-order valence-electron chi connectivity index (χ3n) is 3.05. The summed E-state index contributed by atoms with van der Waals surface area (Å²) in [5.74, 6) is -0.883. The molecule has 0 aromatic heterocycles. The molecule has 2 aromatic carbocycles. The molecular weight excluding hydrogens is 389 g/mol. The maximum Gasteiger partial charge on any atom is 0.344 e. The molecule has 0 saturated heterocycles. The standard InChI is InChI=1S/C17H14Cl3NO4/c1-10(17(23)21-14-7-6-11(18)8-13(14)20)25-16(22)9-24-15-5-3-2-4-12(15)19/h2-8,10H,9H2,1H3,(H,21,23)/t10-/m0/s1. The van der Waals surface area contributed by atoms with Crippen molar-refractivity contribution in [2.45, 2.75) is 13.0 Å². The Morgan fingerprint density at radius 1 is 1.08 bits per heavy atom. The zero-order valence-electron chi connectivity index (χ0n) is 13.1. The van der Waals surface area contributed by atoms with Crippen LogP contribution in [0.15, 0.2) is 42.5 Å². The number of anilines is 1. The molecule has 0 aliphatic rings. The maximum absolute atomic E-state index is 12.1. The lowest BCUT2D eigenvalue weighted by molar-refractivity contribution is -0.155. The van der Waals surface area contributed by atoms with Crippen molar-refractivity contribution in [1.29, 1.82) is 0 Å². The average molecular weight is 403 g/mol. The van der Waals surface area contributed by atoms with Gasteiger partial charge in [-0.25, -0.2) is 4.79 Å². The molecule has 0 spiro atoms. The van der Waals surface area contributed by atoms with E-state index in [1.165, 1.54) is 13.0 Å². The molecule has 1 N–H and O–H groups in total. The second-order valence-corrected chi connectivity index (χ2v) is 6.22. The van der Waals surface area contributed by atoms with Crippen molar-refractivity contribution in [3.63, 3.8) is 0 Å². The molecule has 0 bridgehead atoms. The molecule has 0 heterocycles. The first-order valence-electron chi connectivity index (χ1n) is 7.19. The normalized spacial score (nSPS) is 11.5. The Morgan fingerprint density at radius 3 is 2.48 bits per heavy atom. The highest BCUT2D eigenvalue weighted by atomic mass is 35.5. The molecule has 5 nitrogen and oxygen atoms in total. The van der Waals surface area contributed by atoms with E-state index in [1.807, 2.05) is 0 Å². The van der Waals surface area contributed by atoms with Crippen molar-refractivity contribution in [3.05, 3.63) is 57.5 Å². The zero-order chi connectivity index (χ0) is 18.4. The Morgan fingerprint density at radius 2 is 1.80 bits per heavy atom. The van der Waals surface area contributed by atoms with Crippen LogP contribution in [0.2, 0.25) is 15.1 Å². The molecule has 8 heteroatoms. The van der Waals surface area contributed by atoms with Crippen molar-refractivity contribution >= 4 is 52.4 Å². The Labute approximate surface area is 159 Å². The second-order valence-electron chi connectivity index (χ2n) is 4.96. The number of carbonyl (C=O) groups is 2. The quantitative estimate of drug-likeness (QED) is 0.717. The molecule has 0 unspecified atom stereocenters. The third-order valence-corrected chi connectivity index (χ3v) is 3.91. The molecule has 2 aromatic rings. The van der Waals surface area contributed by atoms with Crippen LogP contribution in [-0.2, 0) is 14.3 Å². The van der Waals surface area contributed by atoms with Gasteiger partial charge in [0.05, 0.1) is 15.7 Å². The monoisotopic (exact) mass is 401 g/mol. The van der Waals surface area contributed by atoms with E-state index in [0.29, 0.717) is 21.5 Å². The summed E-state index contributed by atoms with van der Waals surface area (Å²) in [5, 5.41) is 3.65. The minimum Gasteiger partial charge on any atom is -0.480 e. The van der Waals surface area contributed by atoms with Crippen molar-refractivity contribution in [3.8, 4) is 5.75 Å². The Bertz CT molecular complexity index is 782. The summed E-state index contributed by atoms with van der Waals surface area (Å²) in [5.41, 5.74) is 0.367. The van der Waals surface area contributed by atoms with Crippen LogP contribution in [0.3, 0.4) is 0 Å². The van der Waals surface area contributed by atoms with Gasteiger partial charge in [-0.15, -0.1) is 0 Å². The fourth-order valence-electron chi connectivity index (χ4n) is 1.81. The van der Waals surface area contributed by atoms with E-state index in [2.05, 4.69) is 5.32 Å². The summed E-state index contributed by atoms with van der Waals surface area (Å²) >= 11 is 17.7. The molecule has 25 heavy (non-hydrogen) atoms. The largest absolute Gasteiger partial charge is 0.480 e. The number of benzene rings is 2. The number of amides is 1. The van der Waals surface area contributed by atoms with Crippen LogP contribution in [0.1, 0.15) is 6.92 Å². The number of halogens is 3. The van der Waals surface area contributed by atoms with Gasteiger partial charge in [-0.05, 0) is 37.3 Å². The number of hydrogen-bond acceptors (Lipinski definition) is 4. The van der Waals surface area contributed by atoms with Gasteiger partial charge in [-0.3, -0.25) is 4.79 Å². The first-order chi connectivity index (χ1) is 11.9. The molecule has 2 rings (SSSR count). The van der Waals surface area contributed by atoms with Gasteiger partial charge in [-0.1, -0.05) is 46.9 Å². The van der Waals surface area contributed by atoms with Crippen LogP contribution in [0.4, 0.5) is 5.69 Å². The van der Waals surface area contributed by atoms with E-state index < -0.39 is 18.0 Å². The van der Waals surface area contributed by atoms with Gasteiger partial charge < -0.3 is 14.8 Å². The minimum absolute atomic E-state index is 0.279. The van der Waals surface area contributed by atoms with E-state index >= 15 is 0 Å². The van der Waals surface area contributed by atoms with Crippen LogP contribution >= 0.6 is 34.8 Å². The molecule has 0 aliphatic heterocycles. The first kappa shape index (κ1) is 19.4. The first-order valence-corrected chi connectivity index (χ1v) is 8.33. The molecule has 132 valence electrons. The summed E-state index contributed by atoms with van der Waals surface area (Å²) in [6.45, 7) is 1.07. The number of carbonyl (C=O) groups excluding carboxylic acids is 2. The lowest BCUT2D eigenvalue weighted by Gasteiger charge is -2.15. The third kappa shape index (κ3) is 5.81. The van der Waals surface area contributed by atoms with Gasteiger partial charge in [0.25, 0.3) is 5.91 Å². The molecular formula is C17H14Cl3NO4. The van der Waals surface area contributed by atoms with E-state index in [4.69, 9.17) is 44.3 Å². The fourth-order valence-corrected chi connectivity index (χ4v) is 2.45. The summed E-state index contributed by atoms with van der Waals surface area (Å²) < 4.78 is 10.3. The van der Waals surface area contributed by atoms with Gasteiger partial charge in [0.15, 0.2) is 12.7 Å². The van der Waals surface area contributed by atoms with Gasteiger partial charge in [0, 0.05) is 5.02 Å². The highest BCUT2D eigenvalue weighted by Gasteiger charge is 2.19. The lowest BCUT2D eigenvalue weighted by atomic mass is 10.3. The van der Waals surface area contributed by atoms with E-state index in [0.717, 1.165) is 0 Å². The molecule has 0 aliphatic carbocycles. The summed E-state index contributed by atoms with van der Waals surface area (Å²) in [7, 11) is 0. The topological polar surface area (TPSA) is 64.6 Å². The van der Waals surface area contributed by atoms with Crippen LogP contribution in [-0.4, -0.2) is 24.6 Å². The number of hydrogen-bond donors (Lipinski definition) is 1. The maximum atomic E-state index is 12.1. The van der Waals surface area contributed by atoms with Crippen molar-refractivity contribution in [1.82, 2.24) is 0 Å². The van der Waals surface area contributed by atoms with Crippen LogP contribution in [0.5, 0.6) is 5.75 Å². The van der Waals surface area contributed by atoms with Gasteiger partial charge in [0.1, 0.15) is 5.75 Å². The molecule has 1 atom stereocenters. The molecule has 1 amide bonds. The molecule has 0 radical (unpaired) electrons. The number of esters is 1. The Balaban J connectivity index is 1.85. The number of para-hydroxylation sites is 1. The highest BCUT2D eigenvalue weighted by Crippen LogP contribution is 2.25. The van der Waals surface area contributed by atoms with Crippen molar-refractivity contribution in [2.24, 2.45) is 0 Å². The van der Waals surface area contributed by atoms with Crippen LogP contribution in [0, 0.1) is 0 Å². The molecule has 0 fully saturated rings. The molecule has 0 saturated carbocycles. The summed E-state index contributed by atoms with van der Waals surface area (Å²) in [4.78, 5) is 23.9. The van der Waals surface area contributed by atoms with Crippen LogP contribution in [0.25, 0.3) is 0 Å². The van der Waals surface area contributed by atoms with Gasteiger partial charge in [-0.2, -0.15) is 0 Å². The predicted molar refractivity (Wildman–Crippen MR) is 97.6 cm³/mol. The second kappa shape index (κ2) is 8.94. The SMILES string of the molecule is C[C@H](OC(=O)COc1ccccc1Cl)C(=O)Nc1ccc(Cl)cc1Cl. The smallest absolute Gasteiger partial charge is 0.344 e. The van der Waals surface area contributed by atoms with E-state index in [9.17, 15) is 9.59 Å². The summed E-state index contributed by atoms with van der Waals surface area (Å²) in [6.07, 6.45) is -1.03. The Hall–Kier alpha value is -1.95. The predicted octanol–water partition coefficient (Wildman–Crippen LogP) is 4.60. The average Bonchev–Trinajstić information content (AvgIpc) is 2.56. The van der Waals surface area contributed by atoms with E-state index in [-0.39, 0.29) is 11.6 Å². The van der Waals surface area contributed by atoms with E-state index in [1.54, 1.807) is 36.4 Å². The minimum atomic E-state index is -1.03. The summed E-state index contributed by atoms with van der Waals surface area (Å²) in [6, 6.07) is 11.3. The fraction of sp³-hybridized carbons (Fsp3) is 0.176. The number of nitrogens with one attached hydrogen (secondary N) is 1. The number of rotatable bonds is 6. The highest BCUT2D eigenvalue weighted by molar-refractivity contribution is 6.36. The number of ether oxygens (including phenoxy) is 2. The van der Waals surface area contributed by atoms with Crippen LogP contribution < -0.4 is 10.1 Å². The Kier molecular flexibility index (Phi) is 6.93. The van der Waals surface area contributed by atoms with Crippen molar-refractivity contribution < 1.29 is 19.1 Å².